The van der Waals surface area contributed by atoms with E-state index in [1.165, 1.54) is 23.2 Å². The van der Waals surface area contributed by atoms with Crippen molar-refractivity contribution in [3.63, 3.8) is 0 Å². The lowest BCUT2D eigenvalue weighted by Gasteiger charge is -2.38. The molecule has 20 heavy (non-hydrogen) atoms. The third-order valence-electron chi connectivity index (χ3n) is 2.82. The van der Waals surface area contributed by atoms with Gasteiger partial charge >= 0.3 is 6.18 Å². The van der Waals surface area contributed by atoms with Crippen molar-refractivity contribution in [2.75, 3.05) is 13.1 Å². The van der Waals surface area contributed by atoms with Gasteiger partial charge in [-0.2, -0.15) is 13.2 Å². The summed E-state index contributed by atoms with van der Waals surface area (Å²) < 4.78 is 43.4. The van der Waals surface area contributed by atoms with Crippen molar-refractivity contribution in [3.05, 3.63) is 36.0 Å². The monoisotopic (exact) mass is 286 g/mol. The van der Waals surface area contributed by atoms with Crippen molar-refractivity contribution < 1.29 is 22.7 Å². The van der Waals surface area contributed by atoms with E-state index in [-0.39, 0.29) is 19.0 Å². The van der Waals surface area contributed by atoms with Crippen LogP contribution >= 0.6 is 0 Å². The van der Waals surface area contributed by atoms with Gasteiger partial charge in [0.15, 0.2) is 0 Å². The third kappa shape index (κ3) is 3.09. The minimum atomic E-state index is -4.51. The Morgan fingerprint density at radius 1 is 1.50 bits per heavy atom. The van der Waals surface area contributed by atoms with Gasteiger partial charge in [-0.3, -0.25) is 4.79 Å². The smallest absolute Gasteiger partial charge is 0.421 e. The van der Waals surface area contributed by atoms with Crippen LogP contribution in [-0.4, -0.2) is 35.0 Å². The molecule has 7 heteroatoms. The number of rotatable bonds is 3. The van der Waals surface area contributed by atoms with Crippen molar-refractivity contribution >= 4 is 5.91 Å². The van der Waals surface area contributed by atoms with E-state index in [0.29, 0.717) is 0 Å². The maximum atomic E-state index is 12.7. The molecule has 1 fully saturated rings. The van der Waals surface area contributed by atoms with Gasteiger partial charge in [-0.25, -0.2) is 4.98 Å². The first-order valence-electron chi connectivity index (χ1n) is 6.02. The van der Waals surface area contributed by atoms with Crippen LogP contribution in [0.15, 0.2) is 30.5 Å². The van der Waals surface area contributed by atoms with Crippen LogP contribution in [-0.2, 0) is 11.0 Å². The van der Waals surface area contributed by atoms with E-state index in [4.69, 9.17) is 4.74 Å². The predicted molar refractivity (Wildman–Crippen MR) is 65.0 cm³/mol. The molecule has 1 aromatic heterocycles. The fraction of sp³-hybridized carbons (Fsp3) is 0.385. The number of ether oxygens (including phenoxy) is 1. The zero-order valence-electron chi connectivity index (χ0n) is 10.7. The fourth-order valence-electron chi connectivity index (χ4n) is 1.80. The molecule has 0 N–H and O–H groups in total. The van der Waals surface area contributed by atoms with Crippen LogP contribution in [0.25, 0.3) is 0 Å². The molecule has 108 valence electrons. The van der Waals surface area contributed by atoms with Crippen LogP contribution < -0.4 is 4.74 Å². The van der Waals surface area contributed by atoms with Crippen LogP contribution in [0.5, 0.6) is 5.88 Å². The zero-order chi connectivity index (χ0) is 14.8. The number of nitrogens with zero attached hydrogens (tertiary/aromatic N) is 2. The second-order valence-corrected chi connectivity index (χ2v) is 4.34. The van der Waals surface area contributed by atoms with Gasteiger partial charge in [0.05, 0.1) is 13.1 Å². The number of aromatic nitrogens is 1. The Morgan fingerprint density at radius 3 is 2.80 bits per heavy atom. The van der Waals surface area contributed by atoms with Gasteiger partial charge in [0.1, 0.15) is 11.7 Å². The molecule has 1 aliphatic heterocycles. The van der Waals surface area contributed by atoms with E-state index in [1.807, 2.05) is 0 Å². The molecule has 0 spiro atoms. The lowest BCUT2D eigenvalue weighted by molar-refractivity contribution is -0.143. The van der Waals surface area contributed by atoms with E-state index in [1.54, 1.807) is 13.0 Å². The number of pyridine rings is 1. The fourth-order valence-corrected chi connectivity index (χ4v) is 1.80. The summed E-state index contributed by atoms with van der Waals surface area (Å²) in [4.78, 5) is 16.5. The summed E-state index contributed by atoms with van der Waals surface area (Å²) in [5, 5.41) is 0. The molecule has 1 saturated heterocycles. The Hall–Kier alpha value is -2.05. The topological polar surface area (TPSA) is 42.4 Å². The SMILES string of the molecule is C/C=C/C(=O)N1CC(Oc2ncccc2C(F)(F)F)C1. The number of amides is 1. The Morgan fingerprint density at radius 2 is 2.20 bits per heavy atom. The average molecular weight is 286 g/mol. The molecule has 1 aliphatic rings. The van der Waals surface area contributed by atoms with Gasteiger partial charge in [0.25, 0.3) is 0 Å². The number of hydrogen-bond donors (Lipinski definition) is 0. The van der Waals surface area contributed by atoms with Crippen LogP contribution in [0.3, 0.4) is 0 Å². The molecule has 0 saturated carbocycles. The summed E-state index contributed by atoms with van der Waals surface area (Å²) >= 11 is 0. The largest absolute Gasteiger partial charge is 0.470 e. The highest BCUT2D eigenvalue weighted by Crippen LogP contribution is 2.35. The van der Waals surface area contributed by atoms with Crippen molar-refractivity contribution in [3.8, 4) is 5.88 Å². The van der Waals surface area contributed by atoms with Crippen LogP contribution in [0, 0.1) is 0 Å². The molecular formula is C13H13F3N2O2. The van der Waals surface area contributed by atoms with Gasteiger partial charge in [0.2, 0.25) is 11.8 Å². The maximum Gasteiger partial charge on any atom is 0.421 e. The number of likely N-dealkylation sites (tertiary alicyclic amines) is 1. The van der Waals surface area contributed by atoms with E-state index in [2.05, 4.69) is 4.98 Å². The molecule has 0 unspecified atom stereocenters. The summed E-state index contributed by atoms with van der Waals surface area (Å²) in [6.07, 6.45) is -0.713. The lowest BCUT2D eigenvalue weighted by Crippen LogP contribution is -2.55. The molecule has 2 heterocycles. The highest BCUT2D eigenvalue weighted by Gasteiger charge is 2.38. The highest BCUT2D eigenvalue weighted by molar-refractivity contribution is 5.88. The zero-order valence-corrected chi connectivity index (χ0v) is 10.7. The minimum absolute atomic E-state index is 0.176. The number of halogens is 3. The Kier molecular flexibility index (Phi) is 3.96. The number of allylic oxidation sites excluding steroid dienone is 1. The minimum Gasteiger partial charge on any atom is -0.470 e. The quantitative estimate of drug-likeness (QED) is 0.800. The summed E-state index contributed by atoms with van der Waals surface area (Å²) in [5.74, 6) is -0.618. The van der Waals surface area contributed by atoms with E-state index < -0.39 is 23.7 Å². The molecule has 1 amide bonds. The van der Waals surface area contributed by atoms with Gasteiger partial charge in [-0.15, -0.1) is 0 Å². The van der Waals surface area contributed by atoms with E-state index in [9.17, 15) is 18.0 Å². The van der Waals surface area contributed by atoms with Crippen LogP contribution in [0.1, 0.15) is 12.5 Å². The number of alkyl halides is 3. The molecular weight excluding hydrogens is 273 g/mol. The Balaban J connectivity index is 1.99. The lowest BCUT2D eigenvalue weighted by atomic mass is 10.1. The van der Waals surface area contributed by atoms with Gasteiger partial charge in [-0.05, 0) is 25.1 Å². The van der Waals surface area contributed by atoms with Crippen molar-refractivity contribution in [1.82, 2.24) is 9.88 Å². The first kappa shape index (κ1) is 14.4. The predicted octanol–water partition coefficient (Wildman–Crippen LogP) is 2.27. The standard InChI is InChI=1S/C13H13F3N2O2/c1-2-4-11(19)18-7-9(8-18)20-12-10(13(14,15)16)5-3-6-17-12/h2-6,9H,7-8H2,1H3/b4-2+. The normalized spacial score (nSPS) is 16.3. The van der Waals surface area contributed by atoms with E-state index >= 15 is 0 Å². The molecule has 0 aromatic carbocycles. The van der Waals surface area contributed by atoms with Crippen molar-refractivity contribution in [1.29, 1.82) is 0 Å². The van der Waals surface area contributed by atoms with Crippen LogP contribution in [0.2, 0.25) is 0 Å². The Bertz CT molecular complexity index is 523. The molecule has 0 bridgehead atoms. The average Bonchev–Trinajstić information content (AvgIpc) is 2.32. The molecule has 4 nitrogen and oxygen atoms in total. The summed E-state index contributed by atoms with van der Waals surface area (Å²) in [7, 11) is 0. The summed E-state index contributed by atoms with van der Waals surface area (Å²) in [5.41, 5.74) is -0.904. The number of carbonyl (C=O) groups excluding carboxylic acids is 1. The second kappa shape index (κ2) is 5.52. The van der Waals surface area contributed by atoms with Gasteiger partial charge < -0.3 is 9.64 Å². The molecule has 2 rings (SSSR count). The van der Waals surface area contributed by atoms with Crippen molar-refractivity contribution in [2.24, 2.45) is 0 Å². The first-order valence-corrected chi connectivity index (χ1v) is 6.02. The molecule has 0 aliphatic carbocycles. The molecule has 0 radical (unpaired) electrons. The first-order chi connectivity index (χ1) is 9.41. The number of carbonyl (C=O) groups is 1. The Labute approximate surface area is 113 Å². The third-order valence-corrected chi connectivity index (χ3v) is 2.82. The van der Waals surface area contributed by atoms with Crippen molar-refractivity contribution in [2.45, 2.75) is 19.2 Å². The highest BCUT2D eigenvalue weighted by atomic mass is 19.4. The summed E-state index contributed by atoms with van der Waals surface area (Å²) in [6, 6.07) is 2.13. The van der Waals surface area contributed by atoms with Gasteiger partial charge in [-0.1, -0.05) is 6.08 Å². The van der Waals surface area contributed by atoms with Gasteiger partial charge in [0, 0.05) is 6.20 Å². The number of hydrogen-bond acceptors (Lipinski definition) is 3. The van der Waals surface area contributed by atoms with Crippen LogP contribution in [0.4, 0.5) is 13.2 Å². The molecule has 1 aromatic rings. The summed E-state index contributed by atoms with van der Waals surface area (Å²) in [6.45, 7) is 2.24. The van der Waals surface area contributed by atoms with E-state index in [0.717, 1.165) is 6.07 Å². The second-order valence-electron chi connectivity index (χ2n) is 4.34. The maximum absolute atomic E-state index is 12.7. The molecule has 0 atom stereocenters.